The zero-order valence-corrected chi connectivity index (χ0v) is 9.13. The van der Waals surface area contributed by atoms with Crippen molar-refractivity contribution in [2.75, 3.05) is 18.1 Å². The molecule has 1 fully saturated rings. The van der Waals surface area contributed by atoms with E-state index in [2.05, 4.69) is 5.32 Å². The van der Waals surface area contributed by atoms with Crippen LogP contribution in [0, 0.1) is 12.8 Å². The SMILES string of the molecule is CNc1cc(C)c(C(=O)C2CC2)cc1N. The van der Waals surface area contributed by atoms with Gasteiger partial charge in [0.05, 0.1) is 11.4 Å². The van der Waals surface area contributed by atoms with E-state index in [4.69, 9.17) is 5.73 Å². The number of carbonyl (C=O) groups is 1. The Hall–Kier alpha value is -1.51. The first kappa shape index (κ1) is 10.0. The highest BCUT2D eigenvalue weighted by molar-refractivity contribution is 6.02. The zero-order chi connectivity index (χ0) is 11.0. The lowest BCUT2D eigenvalue weighted by molar-refractivity contribution is 0.0967. The maximum atomic E-state index is 11.9. The fourth-order valence-electron chi connectivity index (χ4n) is 1.77. The Morgan fingerprint density at radius 2 is 2.13 bits per heavy atom. The highest BCUT2D eigenvalue weighted by Crippen LogP contribution is 2.35. The van der Waals surface area contributed by atoms with Crippen LogP contribution < -0.4 is 11.1 Å². The summed E-state index contributed by atoms with van der Waals surface area (Å²) in [6.07, 6.45) is 2.07. The first-order valence-electron chi connectivity index (χ1n) is 5.25. The van der Waals surface area contributed by atoms with Crippen molar-refractivity contribution in [2.45, 2.75) is 19.8 Å². The van der Waals surface area contributed by atoms with Crippen LogP contribution in [0.4, 0.5) is 11.4 Å². The predicted octanol–water partition coefficient (Wildman–Crippen LogP) is 2.21. The molecule has 80 valence electrons. The van der Waals surface area contributed by atoms with Gasteiger partial charge in [0.1, 0.15) is 0 Å². The second kappa shape index (κ2) is 3.57. The molecule has 0 unspecified atom stereocenters. The molecule has 0 heterocycles. The van der Waals surface area contributed by atoms with Crippen molar-refractivity contribution in [3.63, 3.8) is 0 Å². The summed E-state index contributed by atoms with van der Waals surface area (Å²) in [6.45, 7) is 1.95. The lowest BCUT2D eigenvalue weighted by atomic mass is 10.00. The summed E-state index contributed by atoms with van der Waals surface area (Å²) in [4.78, 5) is 11.9. The van der Waals surface area contributed by atoms with Gasteiger partial charge in [-0.1, -0.05) is 0 Å². The van der Waals surface area contributed by atoms with Crippen LogP contribution in [0.1, 0.15) is 28.8 Å². The van der Waals surface area contributed by atoms with Gasteiger partial charge in [0.25, 0.3) is 0 Å². The zero-order valence-electron chi connectivity index (χ0n) is 9.13. The van der Waals surface area contributed by atoms with Crippen LogP contribution in [-0.2, 0) is 0 Å². The highest BCUT2D eigenvalue weighted by Gasteiger charge is 2.31. The number of ketones is 1. The van der Waals surface area contributed by atoms with Gasteiger partial charge in [-0.2, -0.15) is 0 Å². The van der Waals surface area contributed by atoms with Crippen LogP contribution >= 0.6 is 0 Å². The quantitative estimate of drug-likeness (QED) is 0.586. The molecule has 0 saturated heterocycles. The molecule has 0 atom stereocenters. The number of hydrogen-bond acceptors (Lipinski definition) is 3. The van der Waals surface area contributed by atoms with Crippen molar-refractivity contribution in [3.8, 4) is 0 Å². The predicted molar refractivity (Wildman–Crippen MR) is 62.2 cm³/mol. The van der Waals surface area contributed by atoms with Crippen molar-refractivity contribution in [1.29, 1.82) is 0 Å². The smallest absolute Gasteiger partial charge is 0.166 e. The number of carbonyl (C=O) groups excluding carboxylic acids is 1. The molecule has 0 bridgehead atoms. The molecule has 0 radical (unpaired) electrons. The van der Waals surface area contributed by atoms with Crippen molar-refractivity contribution in [3.05, 3.63) is 23.3 Å². The molecule has 1 saturated carbocycles. The molecule has 15 heavy (non-hydrogen) atoms. The van der Waals surface area contributed by atoms with E-state index in [-0.39, 0.29) is 11.7 Å². The average molecular weight is 204 g/mol. The number of nitrogen functional groups attached to an aromatic ring is 1. The maximum absolute atomic E-state index is 11.9. The summed E-state index contributed by atoms with van der Waals surface area (Å²) in [7, 11) is 1.83. The number of Topliss-reactive ketones (excluding diaryl/α,β-unsaturated/α-hetero) is 1. The van der Waals surface area contributed by atoms with Crippen LogP contribution in [0.25, 0.3) is 0 Å². The van der Waals surface area contributed by atoms with Crippen molar-refractivity contribution in [1.82, 2.24) is 0 Å². The van der Waals surface area contributed by atoms with Crippen LogP contribution in [0.5, 0.6) is 0 Å². The lowest BCUT2D eigenvalue weighted by Gasteiger charge is -2.10. The molecule has 0 aliphatic heterocycles. The average Bonchev–Trinajstić information content (AvgIpc) is 3.03. The van der Waals surface area contributed by atoms with Crippen LogP contribution in [0.3, 0.4) is 0 Å². The minimum absolute atomic E-state index is 0.252. The molecule has 3 N–H and O–H groups in total. The van der Waals surface area contributed by atoms with E-state index < -0.39 is 0 Å². The molecular formula is C12H16N2O. The van der Waals surface area contributed by atoms with Gasteiger partial charge in [0, 0.05) is 18.5 Å². The Morgan fingerprint density at radius 1 is 1.47 bits per heavy atom. The second-order valence-electron chi connectivity index (χ2n) is 4.14. The van der Waals surface area contributed by atoms with Gasteiger partial charge in [-0.3, -0.25) is 4.79 Å². The number of benzene rings is 1. The number of hydrogen-bond donors (Lipinski definition) is 2. The molecule has 0 spiro atoms. The molecule has 0 amide bonds. The Kier molecular flexibility index (Phi) is 2.39. The van der Waals surface area contributed by atoms with Gasteiger partial charge in [-0.15, -0.1) is 0 Å². The van der Waals surface area contributed by atoms with Gasteiger partial charge in [0.15, 0.2) is 5.78 Å². The summed E-state index contributed by atoms with van der Waals surface area (Å²) < 4.78 is 0. The van der Waals surface area contributed by atoms with Crippen LogP contribution in [0.15, 0.2) is 12.1 Å². The van der Waals surface area contributed by atoms with E-state index in [1.165, 1.54) is 0 Å². The molecule has 3 nitrogen and oxygen atoms in total. The van der Waals surface area contributed by atoms with E-state index in [1.54, 1.807) is 6.07 Å². The van der Waals surface area contributed by atoms with Gasteiger partial charge in [-0.25, -0.2) is 0 Å². The van der Waals surface area contributed by atoms with Gasteiger partial charge in [0.2, 0.25) is 0 Å². The number of aryl methyl sites for hydroxylation is 1. The summed E-state index contributed by atoms with van der Waals surface area (Å²) in [6, 6.07) is 3.73. The van der Waals surface area contributed by atoms with Gasteiger partial charge < -0.3 is 11.1 Å². The van der Waals surface area contributed by atoms with Crippen LogP contribution in [-0.4, -0.2) is 12.8 Å². The first-order chi connectivity index (χ1) is 7.13. The van der Waals surface area contributed by atoms with Crippen molar-refractivity contribution >= 4 is 17.2 Å². The first-order valence-corrected chi connectivity index (χ1v) is 5.25. The number of anilines is 2. The Morgan fingerprint density at radius 3 is 2.67 bits per heavy atom. The Balaban J connectivity index is 2.39. The third-order valence-electron chi connectivity index (χ3n) is 2.88. The second-order valence-corrected chi connectivity index (χ2v) is 4.14. The summed E-state index contributed by atoms with van der Waals surface area (Å²) in [5, 5.41) is 3.01. The molecule has 1 aromatic carbocycles. The number of rotatable bonds is 3. The maximum Gasteiger partial charge on any atom is 0.166 e. The molecule has 3 heteroatoms. The summed E-state index contributed by atoms with van der Waals surface area (Å²) in [5.41, 5.74) is 9.17. The Bertz CT molecular complexity index is 408. The van der Waals surface area contributed by atoms with Crippen molar-refractivity contribution in [2.24, 2.45) is 5.92 Å². The fraction of sp³-hybridized carbons (Fsp3) is 0.417. The number of nitrogens with two attached hydrogens (primary N) is 1. The van der Waals surface area contributed by atoms with E-state index in [0.29, 0.717) is 5.69 Å². The summed E-state index contributed by atoms with van der Waals surface area (Å²) >= 11 is 0. The lowest BCUT2D eigenvalue weighted by Crippen LogP contribution is -2.06. The third-order valence-corrected chi connectivity index (χ3v) is 2.88. The van der Waals surface area contributed by atoms with Crippen LogP contribution in [0.2, 0.25) is 0 Å². The fourth-order valence-corrected chi connectivity index (χ4v) is 1.77. The minimum Gasteiger partial charge on any atom is -0.397 e. The van der Waals surface area contributed by atoms with E-state index in [9.17, 15) is 4.79 Å². The molecule has 1 aliphatic rings. The molecule has 1 aromatic rings. The van der Waals surface area contributed by atoms with E-state index >= 15 is 0 Å². The molecular weight excluding hydrogens is 188 g/mol. The largest absolute Gasteiger partial charge is 0.397 e. The normalized spacial score (nSPS) is 15.1. The highest BCUT2D eigenvalue weighted by atomic mass is 16.1. The molecule has 2 rings (SSSR count). The standard InChI is InChI=1S/C12H16N2O/c1-7-5-11(14-2)10(13)6-9(7)12(15)8-3-4-8/h5-6,8,14H,3-4,13H2,1-2H3. The van der Waals surface area contributed by atoms with Gasteiger partial charge in [-0.05, 0) is 37.5 Å². The van der Waals surface area contributed by atoms with E-state index in [0.717, 1.165) is 29.7 Å². The van der Waals surface area contributed by atoms with E-state index in [1.807, 2.05) is 20.0 Å². The Labute approximate surface area is 89.7 Å². The molecule has 1 aliphatic carbocycles. The summed E-state index contributed by atoms with van der Waals surface area (Å²) in [5.74, 6) is 0.505. The van der Waals surface area contributed by atoms with Gasteiger partial charge >= 0.3 is 0 Å². The van der Waals surface area contributed by atoms with Crippen molar-refractivity contribution < 1.29 is 4.79 Å². The minimum atomic E-state index is 0.252. The third kappa shape index (κ3) is 1.82. The molecule has 0 aromatic heterocycles. The monoisotopic (exact) mass is 204 g/mol. The topological polar surface area (TPSA) is 55.1 Å². The number of nitrogens with one attached hydrogen (secondary N) is 1.